The van der Waals surface area contributed by atoms with Gasteiger partial charge >= 0.3 is 0 Å². The van der Waals surface area contributed by atoms with Gasteiger partial charge < -0.3 is 25.1 Å². The lowest BCUT2D eigenvalue weighted by Crippen LogP contribution is -2.32. The Morgan fingerprint density at radius 2 is 1.73 bits per heavy atom. The summed E-state index contributed by atoms with van der Waals surface area (Å²) in [4.78, 5) is 36.0. The van der Waals surface area contributed by atoms with Crippen LogP contribution in [0.5, 0.6) is 17.2 Å². The van der Waals surface area contributed by atoms with Crippen LogP contribution in [0, 0.1) is 0 Å². The number of nitrogens with one attached hydrogen (secondary N) is 1. The van der Waals surface area contributed by atoms with Gasteiger partial charge in [-0.25, -0.2) is 0 Å². The van der Waals surface area contributed by atoms with E-state index < -0.39 is 28.9 Å². The second-order valence-corrected chi connectivity index (χ2v) is 5.43. The number of carbonyl (C=O) groups excluding carboxylic acids is 2. The molecule has 3 rings (SSSR count). The van der Waals surface area contributed by atoms with Gasteiger partial charge in [-0.15, -0.1) is 0 Å². The smallest absolute Gasteiger partial charge is 0.259 e. The lowest BCUT2D eigenvalue weighted by Gasteiger charge is -2.12. The molecule has 0 saturated heterocycles. The number of rotatable bonds is 4. The van der Waals surface area contributed by atoms with Gasteiger partial charge in [0.25, 0.3) is 5.91 Å². The molecule has 8 heteroatoms. The van der Waals surface area contributed by atoms with Crippen LogP contribution < -0.4 is 10.7 Å². The van der Waals surface area contributed by atoms with Crippen LogP contribution in [0.3, 0.4) is 0 Å². The van der Waals surface area contributed by atoms with Crippen LogP contribution >= 0.6 is 0 Å². The first-order chi connectivity index (χ1) is 12.4. The summed E-state index contributed by atoms with van der Waals surface area (Å²) in [5.41, 5.74) is -0.784. The number of amides is 1. The van der Waals surface area contributed by atoms with Gasteiger partial charge in [-0.1, -0.05) is 12.1 Å². The highest BCUT2D eigenvalue weighted by Gasteiger charge is 2.20. The Morgan fingerprint density at radius 1 is 1.08 bits per heavy atom. The van der Waals surface area contributed by atoms with E-state index in [9.17, 15) is 29.7 Å². The lowest BCUT2D eigenvalue weighted by atomic mass is 10.1. The molecule has 26 heavy (non-hydrogen) atoms. The number of hydrogen-bond acceptors (Lipinski definition) is 7. The van der Waals surface area contributed by atoms with E-state index in [-0.39, 0.29) is 22.3 Å². The van der Waals surface area contributed by atoms with Gasteiger partial charge in [-0.05, 0) is 23.8 Å². The minimum absolute atomic E-state index is 0.0111. The molecule has 1 atom stereocenters. The molecule has 0 fully saturated rings. The zero-order valence-corrected chi connectivity index (χ0v) is 13.1. The van der Waals surface area contributed by atoms with Crippen molar-refractivity contribution in [3.8, 4) is 17.2 Å². The first-order valence-electron chi connectivity index (χ1n) is 7.35. The number of fused-ring (bicyclic) bond motifs is 1. The maximum Gasteiger partial charge on any atom is 0.259 e. The van der Waals surface area contributed by atoms with E-state index >= 15 is 0 Å². The fraction of sp³-hybridized carbons (Fsp3) is 0.0556. The van der Waals surface area contributed by atoms with Crippen LogP contribution in [0.25, 0.3) is 11.0 Å². The van der Waals surface area contributed by atoms with E-state index in [0.717, 1.165) is 18.4 Å². The van der Waals surface area contributed by atoms with Crippen LogP contribution in [-0.4, -0.2) is 27.5 Å². The summed E-state index contributed by atoms with van der Waals surface area (Å²) in [5, 5.41) is 30.5. The zero-order valence-electron chi connectivity index (χ0n) is 13.1. The minimum atomic E-state index is -1.16. The monoisotopic (exact) mass is 354 g/mol. The van der Waals surface area contributed by atoms with Crippen molar-refractivity contribution in [1.82, 2.24) is 5.32 Å². The molecule has 0 aliphatic rings. The Bertz CT molecular complexity index is 1050. The second-order valence-electron chi connectivity index (χ2n) is 5.43. The molecule has 0 spiro atoms. The van der Waals surface area contributed by atoms with Gasteiger partial charge in [0.15, 0.2) is 11.5 Å². The van der Waals surface area contributed by atoms with Crippen molar-refractivity contribution in [2.75, 3.05) is 0 Å². The summed E-state index contributed by atoms with van der Waals surface area (Å²) in [5.74, 6) is -1.90. The van der Waals surface area contributed by atoms with E-state index in [2.05, 4.69) is 5.32 Å². The van der Waals surface area contributed by atoms with Gasteiger partial charge in [0.2, 0.25) is 11.7 Å². The summed E-state index contributed by atoms with van der Waals surface area (Å²) >= 11 is 0. The van der Waals surface area contributed by atoms with Crippen molar-refractivity contribution in [3.63, 3.8) is 0 Å². The Kier molecular flexibility index (Phi) is 4.32. The number of phenols is 3. The molecule has 131 valence electrons. The SMILES string of the molecule is O=[C]C(NC(=O)c1coc2cc(O)c(O)cc2c1=O)c1ccc(O)cc1. The zero-order chi connectivity index (χ0) is 18.8. The topological polar surface area (TPSA) is 137 Å². The number of phenolic OH excluding ortho intramolecular Hbond substituents is 3. The molecule has 0 bridgehead atoms. The van der Waals surface area contributed by atoms with Crippen molar-refractivity contribution in [1.29, 1.82) is 0 Å². The highest BCUT2D eigenvalue weighted by Crippen LogP contribution is 2.28. The number of carbonyl (C=O) groups is 1. The van der Waals surface area contributed by atoms with E-state index in [1.54, 1.807) is 6.29 Å². The summed E-state index contributed by atoms with van der Waals surface area (Å²) in [7, 11) is 0. The molecular weight excluding hydrogens is 342 g/mol. The second kappa shape index (κ2) is 6.60. The van der Waals surface area contributed by atoms with E-state index in [1.807, 2.05) is 0 Å². The number of aromatic hydroxyl groups is 3. The molecule has 3 aromatic rings. The molecular formula is C18H12NO7. The minimum Gasteiger partial charge on any atom is -0.508 e. The average molecular weight is 354 g/mol. The summed E-state index contributed by atoms with van der Waals surface area (Å²) in [6.07, 6.45) is 2.54. The highest BCUT2D eigenvalue weighted by atomic mass is 16.3. The summed E-state index contributed by atoms with van der Waals surface area (Å²) in [6, 6.07) is 6.40. The maximum atomic E-state index is 12.4. The van der Waals surface area contributed by atoms with Crippen LogP contribution in [0.1, 0.15) is 22.0 Å². The third-order valence-electron chi connectivity index (χ3n) is 3.73. The van der Waals surface area contributed by atoms with Crippen molar-refractivity contribution < 1.29 is 29.3 Å². The number of benzene rings is 2. The van der Waals surface area contributed by atoms with Gasteiger partial charge in [-0.2, -0.15) is 0 Å². The van der Waals surface area contributed by atoms with Crippen molar-refractivity contribution >= 4 is 23.2 Å². The molecule has 4 N–H and O–H groups in total. The summed E-state index contributed by atoms with van der Waals surface area (Å²) < 4.78 is 5.15. The predicted octanol–water partition coefficient (Wildman–Crippen LogP) is 1.49. The van der Waals surface area contributed by atoms with E-state index in [1.165, 1.54) is 24.3 Å². The van der Waals surface area contributed by atoms with Crippen molar-refractivity contribution in [3.05, 3.63) is 64.0 Å². The fourth-order valence-corrected chi connectivity index (χ4v) is 2.37. The van der Waals surface area contributed by atoms with Crippen LogP contribution in [0.15, 0.2) is 51.9 Å². The lowest BCUT2D eigenvalue weighted by molar-refractivity contribution is 0.0943. The third kappa shape index (κ3) is 3.07. The van der Waals surface area contributed by atoms with Gasteiger partial charge in [0, 0.05) is 6.07 Å². The van der Waals surface area contributed by atoms with Crippen LogP contribution in [0.4, 0.5) is 0 Å². The molecule has 2 aromatic carbocycles. The Morgan fingerprint density at radius 3 is 2.38 bits per heavy atom. The van der Waals surface area contributed by atoms with Crippen molar-refractivity contribution in [2.24, 2.45) is 0 Å². The fourth-order valence-electron chi connectivity index (χ4n) is 2.37. The number of hydrogen-bond donors (Lipinski definition) is 4. The quantitative estimate of drug-likeness (QED) is 0.521. The van der Waals surface area contributed by atoms with E-state index in [4.69, 9.17) is 4.42 Å². The van der Waals surface area contributed by atoms with E-state index in [0.29, 0.717) is 5.56 Å². The summed E-state index contributed by atoms with van der Waals surface area (Å²) in [6.45, 7) is 0. The molecule has 8 nitrogen and oxygen atoms in total. The van der Waals surface area contributed by atoms with Gasteiger partial charge in [0.05, 0.1) is 5.39 Å². The Labute approximate surface area is 145 Å². The molecule has 1 unspecified atom stereocenters. The maximum absolute atomic E-state index is 12.4. The van der Waals surface area contributed by atoms with Crippen LogP contribution in [-0.2, 0) is 4.79 Å². The Balaban J connectivity index is 1.95. The normalized spacial score (nSPS) is 11.8. The molecule has 0 aliphatic carbocycles. The van der Waals surface area contributed by atoms with Gasteiger partial charge in [-0.3, -0.25) is 14.4 Å². The third-order valence-corrected chi connectivity index (χ3v) is 3.73. The largest absolute Gasteiger partial charge is 0.508 e. The van der Waals surface area contributed by atoms with Crippen LogP contribution in [0.2, 0.25) is 0 Å². The molecule has 1 aromatic heterocycles. The average Bonchev–Trinajstić information content (AvgIpc) is 2.62. The highest BCUT2D eigenvalue weighted by molar-refractivity contribution is 5.98. The van der Waals surface area contributed by atoms with Gasteiger partial charge in [0.1, 0.15) is 29.2 Å². The standard InChI is InChI=1S/C18H12NO7/c20-7-13(9-1-3-10(21)4-2-9)19-18(25)12-8-26-16-6-15(23)14(22)5-11(16)17(12)24/h1-6,8,13,21-23H,(H,19,25). The molecule has 1 radical (unpaired) electrons. The molecule has 1 heterocycles. The van der Waals surface area contributed by atoms with Crippen molar-refractivity contribution in [2.45, 2.75) is 6.04 Å². The molecule has 0 aliphatic heterocycles. The predicted molar refractivity (Wildman–Crippen MR) is 89.8 cm³/mol. The first-order valence-corrected chi connectivity index (χ1v) is 7.35. The first kappa shape index (κ1) is 17.0. The molecule has 0 saturated carbocycles. The molecule has 1 amide bonds. The Hall–Kier alpha value is -3.81.